The number of carboxylic acids is 1. The highest BCUT2D eigenvalue weighted by molar-refractivity contribution is 6.33. The van der Waals surface area contributed by atoms with E-state index < -0.39 is 23.0 Å². The van der Waals surface area contributed by atoms with Crippen molar-refractivity contribution in [2.75, 3.05) is 37.0 Å². The third-order valence-electron chi connectivity index (χ3n) is 7.57. The lowest BCUT2D eigenvalue weighted by Gasteiger charge is -2.37. The first-order chi connectivity index (χ1) is 18.1. The zero-order valence-electron chi connectivity index (χ0n) is 20.9. The molecule has 0 amide bonds. The van der Waals surface area contributed by atoms with Crippen LogP contribution >= 0.6 is 11.6 Å². The Bertz CT molecular complexity index is 1470. The van der Waals surface area contributed by atoms with Crippen molar-refractivity contribution >= 4 is 40.7 Å². The van der Waals surface area contributed by atoms with Crippen LogP contribution < -0.4 is 10.2 Å². The fourth-order valence-corrected chi connectivity index (χ4v) is 6.26. The number of nitrogens with zero attached hydrogens (tertiary/aromatic N) is 4. The molecular weight excluding hydrogens is 516 g/mol. The predicted octanol–water partition coefficient (Wildman–Crippen LogP) is 5.10. The van der Waals surface area contributed by atoms with Crippen LogP contribution in [-0.4, -0.2) is 52.7 Å². The third-order valence-corrected chi connectivity index (χ3v) is 7.84. The van der Waals surface area contributed by atoms with Crippen molar-refractivity contribution < 1.29 is 23.4 Å². The molecule has 0 aliphatic carbocycles. The minimum atomic E-state index is -1.05. The molecule has 1 aromatic heterocycles. The van der Waals surface area contributed by atoms with Gasteiger partial charge in [-0.2, -0.15) is 4.98 Å². The summed E-state index contributed by atoms with van der Waals surface area (Å²) in [6.07, 6.45) is 1.17. The molecule has 3 aromatic rings. The summed E-state index contributed by atoms with van der Waals surface area (Å²) < 4.78 is 34.3. The highest BCUT2D eigenvalue weighted by Crippen LogP contribution is 2.48. The van der Waals surface area contributed by atoms with Crippen LogP contribution in [0, 0.1) is 11.6 Å². The van der Waals surface area contributed by atoms with Gasteiger partial charge in [-0.05, 0) is 47.5 Å². The summed E-state index contributed by atoms with van der Waals surface area (Å²) in [6.45, 7) is 4.87. The molecule has 0 saturated carbocycles. The van der Waals surface area contributed by atoms with Crippen LogP contribution in [0.3, 0.4) is 0 Å². The number of benzene rings is 2. The van der Waals surface area contributed by atoms with Gasteiger partial charge in [0.15, 0.2) is 17.5 Å². The molecule has 0 radical (unpaired) electrons. The number of carboxylic acid groups (broad SMARTS) is 1. The second-order valence-corrected chi connectivity index (χ2v) is 11.0. The van der Waals surface area contributed by atoms with Crippen LogP contribution in [0.1, 0.15) is 41.5 Å². The van der Waals surface area contributed by atoms with E-state index in [1.54, 1.807) is 11.8 Å². The number of ether oxygens (including phenoxy) is 1. The number of aromatic nitrogens is 2. The van der Waals surface area contributed by atoms with Crippen molar-refractivity contribution in [2.24, 2.45) is 0 Å². The van der Waals surface area contributed by atoms with Gasteiger partial charge in [-0.1, -0.05) is 18.5 Å². The number of rotatable bonds is 5. The van der Waals surface area contributed by atoms with Crippen LogP contribution in [-0.2, 0) is 28.1 Å². The van der Waals surface area contributed by atoms with Crippen LogP contribution in [0.15, 0.2) is 30.5 Å². The fraction of sp³-hybridized carbons (Fsp3) is 0.370. The minimum absolute atomic E-state index is 0.127. The third kappa shape index (κ3) is 4.26. The number of carbonyl (C=O) groups is 1. The largest absolute Gasteiger partial charge is 0.481 e. The van der Waals surface area contributed by atoms with Crippen LogP contribution in [0.5, 0.6) is 0 Å². The van der Waals surface area contributed by atoms with Crippen molar-refractivity contribution in [3.63, 3.8) is 0 Å². The van der Waals surface area contributed by atoms with Gasteiger partial charge in [-0.15, -0.1) is 0 Å². The van der Waals surface area contributed by atoms with E-state index >= 15 is 0 Å². The van der Waals surface area contributed by atoms with Crippen LogP contribution in [0.25, 0.3) is 0 Å². The molecule has 3 aliphatic heterocycles. The zero-order valence-corrected chi connectivity index (χ0v) is 21.6. The van der Waals surface area contributed by atoms with Crippen molar-refractivity contribution in [3.8, 4) is 0 Å². The second kappa shape index (κ2) is 9.14. The molecule has 11 heteroatoms. The molecule has 38 heavy (non-hydrogen) atoms. The fourth-order valence-electron chi connectivity index (χ4n) is 6.07. The molecule has 3 aliphatic rings. The monoisotopic (exact) mass is 541 g/mol. The van der Waals surface area contributed by atoms with Crippen molar-refractivity contribution in [3.05, 3.63) is 69.4 Å². The number of nitrogens with one attached hydrogen (secondary N) is 1. The number of hydrogen-bond donors (Lipinski definition) is 2. The summed E-state index contributed by atoms with van der Waals surface area (Å²) in [5.41, 5.74) is 4.26. The number of likely N-dealkylation sites (N-methyl/N-ethyl adjacent to an activating group) is 1. The molecule has 198 valence electrons. The van der Waals surface area contributed by atoms with E-state index in [0.29, 0.717) is 30.4 Å². The van der Waals surface area contributed by atoms with Gasteiger partial charge in [0.1, 0.15) is 5.02 Å². The summed E-state index contributed by atoms with van der Waals surface area (Å²) in [5.74, 6) is -2.23. The molecule has 0 fully saturated rings. The number of halogens is 3. The lowest BCUT2D eigenvalue weighted by atomic mass is 9.81. The Hall–Kier alpha value is -3.34. The van der Waals surface area contributed by atoms with Gasteiger partial charge in [0.2, 0.25) is 5.95 Å². The average Bonchev–Trinajstić information content (AvgIpc) is 3.10. The van der Waals surface area contributed by atoms with Crippen LogP contribution in [0.2, 0.25) is 5.02 Å². The summed E-state index contributed by atoms with van der Waals surface area (Å²) in [7, 11) is 2.09. The molecule has 0 saturated heterocycles. The van der Waals surface area contributed by atoms with E-state index in [2.05, 4.69) is 33.3 Å². The molecule has 0 bridgehead atoms. The molecule has 8 nitrogen and oxygen atoms in total. The smallest absolute Gasteiger partial charge is 0.304 e. The molecule has 2 N–H and O–H groups in total. The van der Waals surface area contributed by atoms with Crippen molar-refractivity contribution in [2.45, 2.75) is 37.8 Å². The highest BCUT2D eigenvalue weighted by atomic mass is 35.5. The molecule has 2 aromatic carbocycles. The summed E-state index contributed by atoms with van der Waals surface area (Å²) >= 11 is 6.50. The Labute approximate surface area is 223 Å². The van der Waals surface area contributed by atoms with Gasteiger partial charge in [0.25, 0.3) is 0 Å². The number of fused-ring (bicyclic) bond motifs is 1. The van der Waals surface area contributed by atoms with E-state index in [4.69, 9.17) is 16.3 Å². The van der Waals surface area contributed by atoms with Gasteiger partial charge in [0, 0.05) is 48.4 Å². The highest BCUT2D eigenvalue weighted by Gasteiger charge is 2.43. The Balaban J connectivity index is 1.37. The molecule has 6 rings (SSSR count). The van der Waals surface area contributed by atoms with E-state index in [1.165, 1.54) is 17.3 Å². The molecule has 0 spiro atoms. The molecule has 2 unspecified atom stereocenters. The molecule has 2 atom stereocenters. The maximum atomic E-state index is 14.3. The van der Waals surface area contributed by atoms with Gasteiger partial charge in [-0.25, -0.2) is 13.8 Å². The normalized spacial score (nSPS) is 22.2. The second-order valence-electron chi connectivity index (χ2n) is 10.6. The summed E-state index contributed by atoms with van der Waals surface area (Å²) in [4.78, 5) is 24.5. The number of anilines is 4. The Kier molecular flexibility index (Phi) is 6.01. The Morgan fingerprint density at radius 3 is 2.82 bits per heavy atom. The van der Waals surface area contributed by atoms with Gasteiger partial charge >= 0.3 is 5.97 Å². The zero-order chi connectivity index (χ0) is 26.8. The average molecular weight is 542 g/mol. The Morgan fingerprint density at radius 1 is 1.26 bits per heavy atom. The van der Waals surface area contributed by atoms with E-state index in [-0.39, 0.29) is 29.8 Å². The van der Waals surface area contributed by atoms with E-state index in [1.807, 2.05) is 6.07 Å². The predicted molar refractivity (Wildman–Crippen MR) is 138 cm³/mol. The van der Waals surface area contributed by atoms with Gasteiger partial charge < -0.3 is 25.0 Å². The van der Waals surface area contributed by atoms with Gasteiger partial charge in [-0.3, -0.25) is 4.79 Å². The van der Waals surface area contributed by atoms with Crippen LogP contribution in [0.4, 0.5) is 31.9 Å². The minimum Gasteiger partial charge on any atom is -0.481 e. The van der Waals surface area contributed by atoms with E-state index in [9.17, 15) is 18.7 Å². The van der Waals surface area contributed by atoms with Gasteiger partial charge in [0.05, 0.1) is 25.8 Å². The van der Waals surface area contributed by atoms with Crippen molar-refractivity contribution in [1.82, 2.24) is 14.9 Å². The topological polar surface area (TPSA) is 90.8 Å². The first-order valence-electron chi connectivity index (χ1n) is 12.3. The maximum Gasteiger partial charge on any atom is 0.304 e. The molecule has 4 heterocycles. The van der Waals surface area contributed by atoms with Crippen molar-refractivity contribution in [1.29, 1.82) is 0 Å². The quantitative estimate of drug-likeness (QED) is 0.461. The SMILES string of the molecule is CN1Cc2cc(Nc3ncc(Cl)c(N4CC(C)(CC(=O)O)c5cc(F)c(F)cc54)n3)cc3c2C(COC3)C1. The maximum absolute atomic E-state index is 14.3. The number of hydrogen-bond acceptors (Lipinski definition) is 7. The standard InChI is InChI=1S/C27H26ClF2N5O3/c1-27(7-23(36)37)13-35(22-6-21(30)20(29)5-18(22)27)25-19(28)8-31-26(33-25)32-17-3-14-9-34(2)10-16-12-38-11-15(4-17)24(14)16/h3-6,8,16H,7,9-13H2,1-2H3,(H,36,37)(H,31,32,33). The lowest BCUT2D eigenvalue weighted by Crippen LogP contribution is -2.35. The first-order valence-corrected chi connectivity index (χ1v) is 12.7. The summed E-state index contributed by atoms with van der Waals surface area (Å²) in [5, 5.41) is 13.0. The lowest BCUT2D eigenvalue weighted by molar-refractivity contribution is -0.138. The number of aliphatic carboxylic acids is 1. The molecular formula is C27H26ClF2N5O3. The summed E-state index contributed by atoms with van der Waals surface area (Å²) in [6, 6.07) is 6.26. The van der Waals surface area contributed by atoms with E-state index in [0.717, 1.165) is 36.5 Å². The Morgan fingerprint density at radius 2 is 2.03 bits per heavy atom. The first kappa shape index (κ1) is 25.0.